The number of thioether (sulfide) groups is 1. The van der Waals surface area contributed by atoms with Crippen LogP contribution in [0.15, 0.2) is 47.4 Å². The lowest BCUT2D eigenvalue weighted by Gasteiger charge is -2.66. The van der Waals surface area contributed by atoms with Crippen LogP contribution in [0.5, 0.6) is 0 Å². The number of benzene rings is 2. The Morgan fingerprint density at radius 1 is 1.00 bits per heavy atom. The van der Waals surface area contributed by atoms with Crippen molar-refractivity contribution in [3.05, 3.63) is 64.7 Å². The second kappa shape index (κ2) is 8.18. The second-order valence-corrected chi connectivity index (χ2v) is 13.7. The summed E-state index contributed by atoms with van der Waals surface area (Å²) >= 11 is 1.75. The molecule has 0 aromatic heterocycles. The highest BCUT2D eigenvalue weighted by molar-refractivity contribution is 7.98. The van der Waals surface area contributed by atoms with Crippen molar-refractivity contribution in [3.8, 4) is 0 Å². The molecule has 5 fully saturated rings. The summed E-state index contributed by atoms with van der Waals surface area (Å²) in [4.78, 5) is 39.8. The molecule has 196 valence electrons. The van der Waals surface area contributed by atoms with Crippen LogP contribution in [-0.2, 0) is 28.4 Å². The fourth-order valence-corrected chi connectivity index (χ4v) is 10.3. The maximum absolute atomic E-state index is 13.1. The molecule has 3 unspecified atom stereocenters. The molecule has 4 saturated carbocycles. The first-order chi connectivity index (χ1) is 18.4. The Kier molecular flexibility index (Phi) is 5.01. The van der Waals surface area contributed by atoms with E-state index in [1.165, 1.54) is 43.2 Å². The van der Waals surface area contributed by atoms with Gasteiger partial charge in [-0.15, -0.1) is 11.8 Å². The van der Waals surface area contributed by atoms with E-state index in [1.807, 2.05) is 12.1 Å². The van der Waals surface area contributed by atoms with Crippen molar-refractivity contribution < 1.29 is 14.4 Å². The van der Waals surface area contributed by atoms with E-state index in [-0.39, 0.29) is 24.1 Å². The lowest BCUT2D eigenvalue weighted by atomic mass is 9.38. The average molecular weight is 528 g/mol. The predicted molar refractivity (Wildman–Crippen MR) is 144 cm³/mol. The van der Waals surface area contributed by atoms with Crippen LogP contribution in [0.2, 0.25) is 0 Å². The summed E-state index contributed by atoms with van der Waals surface area (Å²) in [5.41, 5.74) is 5.44. The van der Waals surface area contributed by atoms with E-state index in [1.54, 1.807) is 16.7 Å². The Bertz CT molecular complexity index is 1370. The summed E-state index contributed by atoms with van der Waals surface area (Å²) in [5, 5.41) is 6.42. The van der Waals surface area contributed by atoms with Crippen molar-refractivity contribution >= 4 is 29.5 Å². The third kappa shape index (κ3) is 3.27. The zero-order valence-electron chi connectivity index (χ0n) is 21.5. The average Bonchev–Trinajstić information content (AvgIpc) is 3.51. The Morgan fingerprint density at radius 3 is 2.55 bits per heavy atom. The summed E-state index contributed by atoms with van der Waals surface area (Å²) in [6, 6.07) is 14.2. The van der Waals surface area contributed by atoms with Crippen LogP contribution in [-0.4, -0.2) is 34.2 Å². The Balaban J connectivity index is 0.931. The normalized spacial score (nSPS) is 36.0. The molecule has 1 spiro atoms. The van der Waals surface area contributed by atoms with Gasteiger partial charge in [0.2, 0.25) is 11.8 Å². The number of carbonyl (C=O) groups is 3. The molecular weight excluding hydrogens is 494 g/mol. The predicted octanol–water partition coefficient (Wildman–Crippen LogP) is 4.41. The standard InChI is InChI=1S/C31H33N3O3S/c35-27-8-7-25(28(36)33-27)34-15-24-23(29(34)37)5-2-6-26(24)38-16-19-4-1-3-18(9-19)14-32-30-12-21-10-20-11-22(13-30)31(20,21)17-30/h1-6,9,20-22,25,32H,7-8,10-17H2,(H,33,35,36). The third-order valence-electron chi connectivity index (χ3n) is 10.9. The highest BCUT2D eigenvalue weighted by Crippen LogP contribution is 2.82. The van der Waals surface area contributed by atoms with Gasteiger partial charge in [-0.3, -0.25) is 19.7 Å². The molecule has 38 heavy (non-hydrogen) atoms. The zero-order chi connectivity index (χ0) is 25.6. The maximum atomic E-state index is 13.1. The highest BCUT2D eigenvalue weighted by atomic mass is 32.2. The number of hydrogen-bond acceptors (Lipinski definition) is 5. The second-order valence-electron chi connectivity index (χ2n) is 12.7. The maximum Gasteiger partial charge on any atom is 0.255 e. The summed E-state index contributed by atoms with van der Waals surface area (Å²) in [7, 11) is 0. The van der Waals surface area contributed by atoms with E-state index in [4.69, 9.17) is 0 Å². The van der Waals surface area contributed by atoms with Crippen molar-refractivity contribution in [1.29, 1.82) is 0 Å². The monoisotopic (exact) mass is 527 g/mol. The molecule has 2 heterocycles. The lowest BCUT2D eigenvalue weighted by molar-refractivity contribution is -0.175. The van der Waals surface area contributed by atoms with Crippen LogP contribution in [0, 0.1) is 23.2 Å². The van der Waals surface area contributed by atoms with Gasteiger partial charge in [0.15, 0.2) is 0 Å². The largest absolute Gasteiger partial charge is 0.322 e. The van der Waals surface area contributed by atoms with Crippen molar-refractivity contribution in [3.63, 3.8) is 0 Å². The lowest BCUT2D eigenvalue weighted by Crippen LogP contribution is -2.60. The molecule has 2 aliphatic heterocycles. The minimum Gasteiger partial charge on any atom is -0.322 e. The van der Waals surface area contributed by atoms with E-state index in [0.29, 0.717) is 24.1 Å². The molecule has 7 heteroatoms. The van der Waals surface area contributed by atoms with Gasteiger partial charge < -0.3 is 10.2 Å². The first-order valence-corrected chi connectivity index (χ1v) is 15.1. The number of fused-ring (bicyclic) bond motifs is 2. The van der Waals surface area contributed by atoms with Gasteiger partial charge in [0, 0.05) is 41.3 Å². The quantitative estimate of drug-likeness (QED) is 0.412. The van der Waals surface area contributed by atoms with E-state index in [9.17, 15) is 14.4 Å². The minimum atomic E-state index is -0.579. The van der Waals surface area contributed by atoms with Gasteiger partial charge >= 0.3 is 0 Å². The van der Waals surface area contributed by atoms with Crippen molar-refractivity contribution in [2.45, 2.75) is 80.3 Å². The molecule has 3 amide bonds. The number of rotatable bonds is 7. The molecule has 0 radical (unpaired) electrons. The van der Waals surface area contributed by atoms with Crippen LogP contribution in [0.1, 0.15) is 72.0 Å². The minimum absolute atomic E-state index is 0.115. The fourth-order valence-electron chi connectivity index (χ4n) is 9.26. The van der Waals surface area contributed by atoms with Crippen molar-refractivity contribution in [1.82, 2.24) is 15.5 Å². The summed E-state index contributed by atoms with van der Waals surface area (Å²) in [6.45, 7) is 1.36. The number of hydrogen-bond donors (Lipinski definition) is 2. The van der Waals surface area contributed by atoms with E-state index in [2.05, 4.69) is 41.0 Å². The first-order valence-electron chi connectivity index (χ1n) is 14.2. The zero-order valence-corrected chi connectivity index (χ0v) is 22.3. The first kappa shape index (κ1) is 23.3. The molecule has 2 aromatic rings. The molecular formula is C31H33N3O3S. The van der Waals surface area contributed by atoms with Crippen LogP contribution < -0.4 is 10.6 Å². The molecule has 2 aromatic carbocycles. The van der Waals surface area contributed by atoms with Crippen LogP contribution in [0.3, 0.4) is 0 Å². The molecule has 6 nitrogen and oxygen atoms in total. The summed E-state index contributed by atoms with van der Waals surface area (Å²) in [6.07, 6.45) is 7.85. The number of nitrogens with zero attached hydrogens (tertiary/aromatic N) is 1. The van der Waals surface area contributed by atoms with Gasteiger partial charge in [-0.2, -0.15) is 0 Å². The van der Waals surface area contributed by atoms with Crippen LogP contribution in [0.25, 0.3) is 0 Å². The SMILES string of the molecule is O=C1CCC(N2Cc3c(SCc4cccc(CNC56CC7CC8CC(C5)C87C6)c4)cccc3C2=O)C(=O)N1. The van der Waals surface area contributed by atoms with Gasteiger partial charge in [-0.25, -0.2) is 0 Å². The van der Waals surface area contributed by atoms with Crippen molar-refractivity contribution in [2.75, 3.05) is 0 Å². The van der Waals surface area contributed by atoms with Gasteiger partial charge in [0.1, 0.15) is 6.04 Å². The van der Waals surface area contributed by atoms with Gasteiger partial charge in [-0.1, -0.05) is 30.3 Å². The molecule has 2 N–H and O–H groups in total. The van der Waals surface area contributed by atoms with Gasteiger partial charge in [0.25, 0.3) is 5.91 Å². The Hall–Kier alpha value is -2.64. The fraction of sp³-hybridized carbons (Fsp3) is 0.516. The molecule has 6 aliphatic rings. The Labute approximate surface area is 227 Å². The van der Waals surface area contributed by atoms with E-state index < -0.39 is 6.04 Å². The summed E-state index contributed by atoms with van der Waals surface area (Å²) in [5.74, 6) is 3.14. The number of nitrogens with one attached hydrogen (secondary N) is 2. The van der Waals surface area contributed by atoms with Crippen LogP contribution >= 0.6 is 11.8 Å². The molecule has 4 aliphatic carbocycles. The number of amides is 3. The molecule has 2 bridgehead atoms. The topological polar surface area (TPSA) is 78.5 Å². The third-order valence-corrected chi connectivity index (χ3v) is 12.1. The van der Waals surface area contributed by atoms with Crippen LogP contribution in [0.4, 0.5) is 0 Å². The molecule has 1 saturated heterocycles. The Morgan fingerprint density at radius 2 is 1.79 bits per heavy atom. The summed E-state index contributed by atoms with van der Waals surface area (Å²) < 4.78 is 0. The molecule has 3 atom stereocenters. The number of piperidine rings is 1. The van der Waals surface area contributed by atoms with E-state index in [0.717, 1.165) is 45.9 Å². The number of imide groups is 1. The van der Waals surface area contributed by atoms with Gasteiger partial charge in [-0.05, 0) is 90.5 Å². The van der Waals surface area contributed by atoms with E-state index >= 15 is 0 Å². The smallest absolute Gasteiger partial charge is 0.255 e. The number of carbonyl (C=O) groups excluding carboxylic acids is 3. The highest BCUT2D eigenvalue weighted by Gasteiger charge is 2.77. The van der Waals surface area contributed by atoms with Gasteiger partial charge in [0.05, 0.1) is 0 Å². The van der Waals surface area contributed by atoms with Crippen molar-refractivity contribution in [2.24, 2.45) is 23.2 Å². The molecule has 8 rings (SSSR count).